The Hall–Kier alpha value is -2.62. The van der Waals surface area contributed by atoms with E-state index in [4.69, 9.17) is 4.74 Å². The molecule has 0 unspecified atom stereocenters. The number of benzene rings is 2. The van der Waals surface area contributed by atoms with Gasteiger partial charge in [0.05, 0.1) is 6.61 Å². The van der Waals surface area contributed by atoms with E-state index >= 15 is 0 Å². The molecule has 1 amide bonds. The van der Waals surface area contributed by atoms with E-state index in [-0.39, 0.29) is 11.7 Å². The van der Waals surface area contributed by atoms with Gasteiger partial charge in [-0.15, -0.1) is 0 Å². The van der Waals surface area contributed by atoms with Crippen LogP contribution < -0.4 is 10.1 Å². The van der Waals surface area contributed by atoms with E-state index in [1.165, 1.54) is 6.92 Å². The number of rotatable bonds is 6. The van der Waals surface area contributed by atoms with Gasteiger partial charge in [0.1, 0.15) is 5.75 Å². The summed E-state index contributed by atoms with van der Waals surface area (Å²) in [6.45, 7) is 6.26. The van der Waals surface area contributed by atoms with Gasteiger partial charge in [-0.2, -0.15) is 0 Å². The third kappa shape index (κ3) is 4.95. The molecule has 0 aliphatic rings. The molecule has 0 fully saturated rings. The molecular formula is C19H21NO3. The van der Waals surface area contributed by atoms with Crippen molar-refractivity contribution in [1.29, 1.82) is 0 Å². The summed E-state index contributed by atoms with van der Waals surface area (Å²) in [6.07, 6.45) is 0. The summed E-state index contributed by atoms with van der Waals surface area (Å²) < 4.78 is 5.63. The molecular weight excluding hydrogens is 290 g/mol. The Balaban J connectivity index is 2.05. The third-order valence-electron chi connectivity index (χ3n) is 3.23. The van der Waals surface area contributed by atoms with Crippen molar-refractivity contribution in [2.45, 2.75) is 20.8 Å². The lowest BCUT2D eigenvalue weighted by molar-refractivity contribution is 0.101. The lowest BCUT2D eigenvalue weighted by Crippen LogP contribution is -2.12. The zero-order valence-corrected chi connectivity index (χ0v) is 13.6. The van der Waals surface area contributed by atoms with Gasteiger partial charge in [0, 0.05) is 16.8 Å². The molecule has 0 atom stereocenters. The highest BCUT2D eigenvalue weighted by molar-refractivity contribution is 6.04. The van der Waals surface area contributed by atoms with E-state index in [9.17, 15) is 9.59 Å². The van der Waals surface area contributed by atoms with Crippen molar-refractivity contribution in [1.82, 2.24) is 0 Å². The summed E-state index contributed by atoms with van der Waals surface area (Å²) >= 11 is 0. The third-order valence-corrected chi connectivity index (χ3v) is 3.23. The van der Waals surface area contributed by atoms with Crippen LogP contribution in [-0.4, -0.2) is 18.3 Å². The topological polar surface area (TPSA) is 55.4 Å². The number of hydrogen-bond donors (Lipinski definition) is 1. The van der Waals surface area contributed by atoms with Gasteiger partial charge < -0.3 is 10.1 Å². The number of anilines is 1. The molecule has 1 N–H and O–H groups in total. The molecule has 0 spiro atoms. The summed E-state index contributed by atoms with van der Waals surface area (Å²) in [5, 5.41) is 2.81. The smallest absolute Gasteiger partial charge is 0.255 e. The standard InChI is InChI=1S/C19H21NO3/c1-13(2)12-23-18-6-4-5-16(11-18)19(22)20-17-9-7-15(8-10-17)14(3)21/h4-11,13H,12H2,1-3H3,(H,20,22). The van der Waals surface area contributed by atoms with Crippen LogP contribution in [0.25, 0.3) is 0 Å². The van der Waals surface area contributed by atoms with Gasteiger partial charge in [-0.1, -0.05) is 19.9 Å². The lowest BCUT2D eigenvalue weighted by Gasteiger charge is -2.10. The average molecular weight is 311 g/mol. The Bertz CT molecular complexity index is 690. The number of Topliss-reactive ketones (excluding diaryl/α,β-unsaturated/α-hetero) is 1. The summed E-state index contributed by atoms with van der Waals surface area (Å²) in [5.74, 6) is 0.888. The van der Waals surface area contributed by atoms with Gasteiger partial charge in [0.2, 0.25) is 0 Å². The fraction of sp³-hybridized carbons (Fsp3) is 0.263. The summed E-state index contributed by atoms with van der Waals surface area (Å²) in [4.78, 5) is 23.5. The van der Waals surface area contributed by atoms with Crippen LogP contribution in [0, 0.1) is 5.92 Å². The van der Waals surface area contributed by atoms with Crippen LogP contribution in [0.1, 0.15) is 41.5 Å². The van der Waals surface area contributed by atoms with Gasteiger partial charge in [0.25, 0.3) is 5.91 Å². The molecule has 2 aromatic rings. The minimum atomic E-state index is -0.212. The zero-order valence-electron chi connectivity index (χ0n) is 13.6. The number of amides is 1. The Kier molecular flexibility index (Phi) is 5.52. The SMILES string of the molecule is CC(=O)c1ccc(NC(=O)c2cccc(OCC(C)C)c2)cc1. The van der Waals surface area contributed by atoms with E-state index in [0.29, 0.717) is 35.1 Å². The first-order valence-corrected chi connectivity index (χ1v) is 7.61. The Morgan fingerprint density at radius 3 is 2.35 bits per heavy atom. The monoisotopic (exact) mass is 311 g/mol. The molecule has 2 aromatic carbocycles. The van der Waals surface area contributed by atoms with Crippen LogP contribution in [0.3, 0.4) is 0 Å². The summed E-state index contributed by atoms with van der Waals surface area (Å²) in [6, 6.07) is 13.9. The normalized spacial score (nSPS) is 10.4. The molecule has 0 radical (unpaired) electrons. The molecule has 2 rings (SSSR count). The molecule has 0 saturated carbocycles. The van der Waals surface area contributed by atoms with Gasteiger partial charge in [0.15, 0.2) is 5.78 Å². The van der Waals surface area contributed by atoms with Crippen molar-refractivity contribution in [3.05, 3.63) is 59.7 Å². The average Bonchev–Trinajstić information content (AvgIpc) is 2.53. The molecule has 4 heteroatoms. The maximum atomic E-state index is 12.3. The molecule has 120 valence electrons. The fourth-order valence-corrected chi connectivity index (χ4v) is 1.98. The molecule has 0 aliphatic carbocycles. The van der Waals surface area contributed by atoms with Gasteiger partial charge >= 0.3 is 0 Å². The van der Waals surface area contributed by atoms with Crippen LogP contribution in [0.15, 0.2) is 48.5 Å². The maximum Gasteiger partial charge on any atom is 0.255 e. The Morgan fingerprint density at radius 1 is 1.04 bits per heavy atom. The predicted octanol–water partition coefficient (Wildman–Crippen LogP) is 4.18. The van der Waals surface area contributed by atoms with Crippen molar-refractivity contribution >= 4 is 17.4 Å². The van der Waals surface area contributed by atoms with Gasteiger partial charge in [-0.25, -0.2) is 0 Å². The molecule has 0 bridgehead atoms. The van der Waals surface area contributed by atoms with E-state index in [1.807, 2.05) is 6.07 Å². The minimum Gasteiger partial charge on any atom is -0.493 e. The van der Waals surface area contributed by atoms with Crippen molar-refractivity contribution in [3.8, 4) is 5.75 Å². The summed E-state index contributed by atoms with van der Waals surface area (Å²) in [7, 11) is 0. The number of ether oxygens (including phenoxy) is 1. The molecule has 0 aromatic heterocycles. The molecule has 4 nitrogen and oxygen atoms in total. The van der Waals surface area contributed by atoms with E-state index in [2.05, 4.69) is 19.2 Å². The second kappa shape index (κ2) is 7.58. The highest BCUT2D eigenvalue weighted by atomic mass is 16.5. The van der Waals surface area contributed by atoms with Crippen LogP contribution in [0.4, 0.5) is 5.69 Å². The first-order chi connectivity index (χ1) is 11.0. The molecule has 0 saturated heterocycles. The van der Waals surface area contributed by atoms with Gasteiger partial charge in [-0.3, -0.25) is 9.59 Å². The quantitative estimate of drug-likeness (QED) is 0.814. The van der Waals surface area contributed by atoms with E-state index in [1.54, 1.807) is 42.5 Å². The van der Waals surface area contributed by atoms with Crippen molar-refractivity contribution in [2.75, 3.05) is 11.9 Å². The van der Waals surface area contributed by atoms with Crippen molar-refractivity contribution in [2.24, 2.45) is 5.92 Å². The van der Waals surface area contributed by atoms with Crippen molar-refractivity contribution < 1.29 is 14.3 Å². The predicted molar refractivity (Wildman–Crippen MR) is 91.2 cm³/mol. The maximum absolute atomic E-state index is 12.3. The number of ketones is 1. The van der Waals surface area contributed by atoms with Crippen LogP contribution in [-0.2, 0) is 0 Å². The highest BCUT2D eigenvalue weighted by Crippen LogP contribution is 2.16. The first kappa shape index (κ1) is 16.7. The second-order valence-electron chi connectivity index (χ2n) is 5.82. The Labute approximate surface area is 136 Å². The molecule has 0 heterocycles. The van der Waals surface area contributed by atoms with E-state index in [0.717, 1.165) is 0 Å². The minimum absolute atomic E-state index is 0.00196. The number of nitrogens with one attached hydrogen (secondary N) is 1. The van der Waals surface area contributed by atoms with Gasteiger partial charge in [-0.05, 0) is 55.3 Å². The van der Waals surface area contributed by atoms with Crippen molar-refractivity contribution in [3.63, 3.8) is 0 Å². The zero-order chi connectivity index (χ0) is 16.8. The number of carbonyl (C=O) groups excluding carboxylic acids is 2. The summed E-state index contributed by atoms with van der Waals surface area (Å²) in [5.41, 5.74) is 1.79. The number of hydrogen-bond acceptors (Lipinski definition) is 3. The highest BCUT2D eigenvalue weighted by Gasteiger charge is 2.08. The van der Waals surface area contributed by atoms with E-state index < -0.39 is 0 Å². The molecule has 0 aliphatic heterocycles. The van der Waals surface area contributed by atoms with Crippen LogP contribution >= 0.6 is 0 Å². The largest absolute Gasteiger partial charge is 0.493 e. The van der Waals surface area contributed by atoms with Crippen LogP contribution in [0.5, 0.6) is 5.75 Å². The fourth-order valence-electron chi connectivity index (χ4n) is 1.98. The number of carbonyl (C=O) groups is 2. The Morgan fingerprint density at radius 2 is 1.74 bits per heavy atom. The lowest BCUT2D eigenvalue weighted by atomic mass is 10.1. The second-order valence-corrected chi connectivity index (χ2v) is 5.82. The molecule has 23 heavy (non-hydrogen) atoms. The van der Waals surface area contributed by atoms with Crippen LogP contribution in [0.2, 0.25) is 0 Å². The first-order valence-electron chi connectivity index (χ1n) is 7.61.